The Labute approximate surface area is 109 Å². The fourth-order valence-corrected chi connectivity index (χ4v) is 3.01. The van der Waals surface area contributed by atoms with E-state index in [9.17, 15) is 4.79 Å². The zero-order valence-corrected chi connectivity index (χ0v) is 11.3. The van der Waals surface area contributed by atoms with Crippen LogP contribution in [0.3, 0.4) is 0 Å². The number of ether oxygens (including phenoxy) is 2. The highest BCUT2D eigenvalue weighted by Crippen LogP contribution is 2.27. The molecule has 1 N–H and O–H groups in total. The highest BCUT2D eigenvalue weighted by Gasteiger charge is 2.37. The van der Waals surface area contributed by atoms with Crippen molar-refractivity contribution in [3.05, 3.63) is 12.2 Å². The van der Waals surface area contributed by atoms with Crippen molar-refractivity contribution in [3.8, 4) is 0 Å². The molecule has 0 aromatic carbocycles. The van der Waals surface area contributed by atoms with Crippen LogP contribution < -0.4 is 5.32 Å². The van der Waals surface area contributed by atoms with E-state index in [-0.39, 0.29) is 30.1 Å². The quantitative estimate of drug-likeness (QED) is 0.775. The molecule has 102 valence electrons. The number of hydrogen-bond acceptors (Lipinski definition) is 3. The highest BCUT2D eigenvalue weighted by atomic mass is 16.5. The molecule has 18 heavy (non-hydrogen) atoms. The van der Waals surface area contributed by atoms with Crippen molar-refractivity contribution in [1.82, 2.24) is 5.32 Å². The average molecular weight is 253 g/mol. The molecule has 0 aromatic heterocycles. The molecule has 4 atom stereocenters. The molecular weight excluding hydrogens is 230 g/mol. The fourth-order valence-electron chi connectivity index (χ4n) is 3.01. The van der Waals surface area contributed by atoms with Crippen LogP contribution in [0.4, 0.5) is 0 Å². The Kier molecular flexibility index (Phi) is 4.40. The van der Waals surface area contributed by atoms with Gasteiger partial charge < -0.3 is 14.8 Å². The smallest absolute Gasteiger partial charge is 0.226 e. The molecule has 2 aliphatic rings. The Morgan fingerprint density at radius 1 is 1.39 bits per heavy atom. The molecule has 4 nitrogen and oxygen atoms in total. The summed E-state index contributed by atoms with van der Waals surface area (Å²) in [5.74, 6) is 0.00931. The monoisotopic (exact) mass is 253 g/mol. The molecule has 1 aliphatic carbocycles. The van der Waals surface area contributed by atoms with Crippen LogP contribution in [0.5, 0.6) is 0 Å². The van der Waals surface area contributed by atoms with Crippen LogP contribution in [0.1, 0.15) is 32.6 Å². The third kappa shape index (κ3) is 2.75. The van der Waals surface area contributed by atoms with Gasteiger partial charge in [0.2, 0.25) is 5.91 Å². The number of amides is 1. The molecule has 0 unspecified atom stereocenters. The Hall–Kier alpha value is -0.870. The summed E-state index contributed by atoms with van der Waals surface area (Å²) in [6.07, 6.45) is 4.00. The maximum Gasteiger partial charge on any atom is 0.226 e. The number of nitrogens with one attached hydrogen (secondary N) is 1. The van der Waals surface area contributed by atoms with E-state index in [0.29, 0.717) is 6.61 Å². The first kappa shape index (κ1) is 13.6. The molecule has 1 saturated carbocycles. The highest BCUT2D eigenvalue weighted by molar-refractivity contribution is 5.80. The van der Waals surface area contributed by atoms with E-state index >= 15 is 0 Å². The van der Waals surface area contributed by atoms with E-state index in [1.54, 1.807) is 7.11 Å². The van der Waals surface area contributed by atoms with E-state index in [2.05, 4.69) is 11.9 Å². The van der Waals surface area contributed by atoms with Gasteiger partial charge in [0.25, 0.3) is 0 Å². The van der Waals surface area contributed by atoms with Gasteiger partial charge in [-0.2, -0.15) is 0 Å². The molecule has 0 radical (unpaired) electrons. The van der Waals surface area contributed by atoms with E-state index in [1.165, 1.54) is 0 Å². The third-order valence-electron chi connectivity index (χ3n) is 4.00. The number of carbonyl (C=O) groups is 1. The molecule has 0 spiro atoms. The minimum atomic E-state index is -0.118. The number of rotatable bonds is 4. The van der Waals surface area contributed by atoms with Gasteiger partial charge in [-0.05, 0) is 32.6 Å². The molecule has 1 aliphatic heterocycles. The van der Waals surface area contributed by atoms with E-state index in [0.717, 1.165) is 31.3 Å². The van der Waals surface area contributed by atoms with Crippen LogP contribution >= 0.6 is 0 Å². The van der Waals surface area contributed by atoms with Crippen molar-refractivity contribution in [3.63, 3.8) is 0 Å². The molecule has 4 heteroatoms. The first-order valence-electron chi connectivity index (χ1n) is 6.73. The largest absolute Gasteiger partial charge is 0.379 e. The van der Waals surface area contributed by atoms with Gasteiger partial charge in [0.15, 0.2) is 0 Å². The van der Waals surface area contributed by atoms with E-state index in [1.807, 2.05) is 6.92 Å². The minimum absolute atomic E-state index is 0.0828. The first-order valence-corrected chi connectivity index (χ1v) is 6.73. The van der Waals surface area contributed by atoms with Crippen LogP contribution in [0.25, 0.3) is 0 Å². The molecule has 2 rings (SSSR count). The lowest BCUT2D eigenvalue weighted by atomic mass is 9.95. The maximum atomic E-state index is 12.3. The molecule has 1 amide bonds. The van der Waals surface area contributed by atoms with Crippen molar-refractivity contribution in [2.45, 2.75) is 50.9 Å². The van der Waals surface area contributed by atoms with E-state index < -0.39 is 0 Å². The van der Waals surface area contributed by atoms with Gasteiger partial charge in [-0.25, -0.2) is 0 Å². The van der Waals surface area contributed by atoms with Gasteiger partial charge in [0.1, 0.15) is 0 Å². The van der Waals surface area contributed by atoms with Crippen LogP contribution in [0.15, 0.2) is 12.2 Å². The first-order chi connectivity index (χ1) is 8.63. The second-order valence-corrected chi connectivity index (χ2v) is 5.35. The fraction of sp³-hybridized carbons (Fsp3) is 0.786. The van der Waals surface area contributed by atoms with Crippen molar-refractivity contribution in [2.75, 3.05) is 13.7 Å². The SMILES string of the molecule is C=C(C)[C@H]1OCC[C@H]1C(=O)N[C@@H]1CCC[C@H]1OC. The summed E-state index contributed by atoms with van der Waals surface area (Å²) in [5, 5.41) is 3.12. The van der Waals surface area contributed by atoms with Crippen LogP contribution in [-0.2, 0) is 14.3 Å². The van der Waals surface area contributed by atoms with Crippen molar-refractivity contribution < 1.29 is 14.3 Å². The van der Waals surface area contributed by atoms with Gasteiger partial charge in [-0.15, -0.1) is 0 Å². The van der Waals surface area contributed by atoms with Crippen molar-refractivity contribution in [2.24, 2.45) is 5.92 Å². The summed E-state index contributed by atoms with van der Waals surface area (Å²) < 4.78 is 11.0. The van der Waals surface area contributed by atoms with Gasteiger partial charge in [-0.1, -0.05) is 12.2 Å². The predicted octanol–water partition coefficient (Wildman–Crippen LogP) is 1.65. The summed E-state index contributed by atoms with van der Waals surface area (Å²) in [4.78, 5) is 12.3. The molecule has 2 fully saturated rings. The van der Waals surface area contributed by atoms with Crippen LogP contribution in [0.2, 0.25) is 0 Å². The van der Waals surface area contributed by atoms with Crippen molar-refractivity contribution >= 4 is 5.91 Å². The summed E-state index contributed by atoms with van der Waals surface area (Å²) in [6, 6.07) is 0.161. The Balaban J connectivity index is 1.93. The average Bonchev–Trinajstić information content (AvgIpc) is 2.96. The number of methoxy groups -OCH3 is 1. The summed E-state index contributed by atoms with van der Waals surface area (Å²) >= 11 is 0. The van der Waals surface area contributed by atoms with Crippen LogP contribution in [-0.4, -0.2) is 37.9 Å². The summed E-state index contributed by atoms with van der Waals surface area (Å²) in [5.41, 5.74) is 0.933. The Morgan fingerprint density at radius 2 is 2.17 bits per heavy atom. The van der Waals surface area contributed by atoms with Gasteiger partial charge >= 0.3 is 0 Å². The molecule has 1 heterocycles. The Bertz CT molecular complexity index is 329. The molecule has 0 aromatic rings. The number of hydrogen-bond donors (Lipinski definition) is 1. The van der Waals surface area contributed by atoms with Gasteiger partial charge in [0, 0.05) is 13.7 Å². The van der Waals surface area contributed by atoms with Crippen LogP contribution in [0, 0.1) is 5.92 Å². The van der Waals surface area contributed by atoms with Crippen molar-refractivity contribution in [1.29, 1.82) is 0 Å². The second kappa shape index (κ2) is 5.85. The lowest BCUT2D eigenvalue weighted by molar-refractivity contribution is -0.127. The topological polar surface area (TPSA) is 47.6 Å². The zero-order chi connectivity index (χ0) is 13.1. The Morgan fingerprint density at radius 3 is 2.83 bits per heavy atom. The number of carbonyl (C=O) groups excluding carboxylic acids is 1. The maximum absolute atomic E-state index is 12.3. The summed E-state index contributed by atoms with van der Waals surface area (Å²) in [6.45, 7) is 6.47. The lowest BCUT2D eigenvalue weighted by Crippen LogP contribution is -2.45. The molecular formula is C14H23NO3. The second-order valence-electron chi connectivity index (χ2n) is 5.35. The standard InChI is InChI=1S/C14H23NO3/c1-9(2)13-10(7-8-18-13)14(16)15-11-5-4-6-12(11)17-3/h10-13H,1,4-8H2,2-3H3,(H,15,16)/t10-,11-,12-,13-/m1/s1. The van der Waals surface area contributed by atoms with Gasteiger partial charge in [0.05, 0.1) is 24.2 Å². The predicted molar refractivity (Wildman–Crippen MR) is 69.2 cm³/mol. The van der Waals surface area contributed by atoms with Gasteiger partial charge in [-0.3, -0.25) is 4.79 Å². The zero-order valence-electron chi connectivity index (χ0n) is 11.3. The molecule has 1 saturated heterocycles. The normalized spacial score (nSPS) is 35.7. The summed E-state index contributed by atoms with van der Waals surface area (Å²) in [7, 11) is 1.71. The van der Waals surface area contributed by atoms with E-state index in [4.69, 9.17) is 9.47 Å². The molecule has 0 bridgehead atoms. The lowest BCUT2D eigenvalue weighted by Gasteiger charge is -2.24. The minimum Gasteiger partial charge on any atom is -0.379 e. The third-order valence-corrected chi connectivity index (χ3v) is 4.00.